The first-order valence-electron chi connectivity index (χ1n) is 13.4. The first-order chi connectivity index (χ1) is 20.0. The second kappa shape index (κ2) is 13.0. The molecular formula is C30H33BrN4O6. The summed E-state index contributed by atoms with van der Waals surface area (Å²) >= 11 is 3.61. The third kappa shape index (κ3) is 6.45. The van der Waals surface area contributed by atoms with E-state index in [1.165, 1.54) is 0 Å². The van der Waals surface area contributed by atoms with Crippen LogP contribution in [-0.2, 0) is 27.4 Å². The number of methoxy groups -OCH3 is 1. The van der Waals surface area contributed by atoms with E-state index in [1.54, 1.807) is 31.2 Å². The van der Waals surface area contributed by atoms with Crippen LogP contribution >= 0.6 is 15.9 Å². The SMILES string of the molecule is CN/C1=C2/C=C(OCCCCCN(C(=O)OCc3ccccc3)Cc3cc(Br)c4c(c3N1)OCO4)C(OC)=CC2=N. The van der Waals surface area contributed by atoms with Gasteiger partial charge in [0.05, 0.1) is 36.1 Å². The molecule has 2 aromatic rings. The first kappa shape index (κ1) is 28.4. The average Bonchev–Trinajstić information content (AvgIpc) is 3.48. The Bertz CT molecular complexity index is 1410. The van der Waals surface area contributed by atoms with Crippen LogP contribution in [0.3, 0.4) is 0 Å². The maximum atomic E-state index is 13.4. The van der Waals surface area contributed by atoms with E-state index in [9.17, 15) is 4.79 Å². The quantitative estimate of drug-likeness (QED) is 0.391. The van der Waals surface area contributed by atoms with Gasteiger partial charge in [0, 0.05) is 30.8 Å². The maximum absolute atomic E-state index is 13.4. The number of ether oxygens (including phenoxy) is 5. The molecule has 0 unspecified atom stereocenters. The number of nitrogens with one attached hydrogen (secondary N) is 3. The van der Waals surface area contributed by atoms with E-state index in [0.717, 1.165) is 30.4 Å². The lowest BCUT2D eigenvalue weighted by atomic mass is 10.0. The number of carbonyl (C=O) groups excluding carboxylic acids is 1. The van der Waals surface area contributed by atoms with Gasteiger partial charge in [-0.05, 0) is 52.9 Å². The van der Waals surface area contributed by atoms with E-state index in [4.69, 9.17) is 29.1 Å². The van der Waals surface area contributed by atoms with Crippen molar-refractivity contribution in [3.05, 3.63) is 87.1 Å². The number of rotatable bonds is 4. The summed E-state index contributed by atoms with van der Waals surface area (Å²) in [6, 6.07) is 11.5. The zero-order valence-corrected chi connectivity index (χ0v) is 24.6. The molecule has 10 nitrogen and oxygen atoms in total. The summed E-state index contributed by atoms with van der Waals surface area (Å²) in [6.45, 7) is 1.48. The van der Waals surface area contributed by atoms with E-state index >= 15 is 0 Å². The highest BCUT2D eigenvalue weighted by Gasteiger charge is 2.29. The standard InChI is InChI=1S/C30H33BrN4O6/c1-33-29-21-14-25(24(37-2)15-23(21)32)38-12-8-4-7-11-35(30(36)39-17-19-9-5-3-6-10-19)16-20-13-22(31)27-28(26(20)34-29)41-18-40-27/h3,5-6,9-10,13-15,32-34H,4,7-8,11-12,16-18H2,1-2H3/b29-21+,32-23?. The molecule has 0 fully saturated rings. The van der Waals surface area contributed by atoms with Crippen LogP contribution in [0.15, 0.2) is 75.9 Å². The third-order valence-electron chi connectivity index (χ3n) is 6.91. The van der Waals surface area contributed by atoms with Crippen LogP contribution in [0.4, 0.5) is 10.5 Å². The number of hydrogen-bond acceptors (Lipinski definition) is 9. The number of fused-ring (bicyclic) bond motifs is 4. The lowest BCUT2D eigenvalue weighted by Gasteiger charge is -2.25. The van der Waals surface area contributed by atoms with Crippen molar-refractivity contribution in [2.75, 3.05) is 39.4 Å². The molecule has 3 aliphatic rings. The van der Waals surface area contributed by atoms with Crippen LogP contribution in [0.2, 0.25) is 0 Å². The van der Waals surface area contributed by atoms with Crippen molar-refractivity contribution in [3.8, 4) is 11.5 Å². The molecule has 0 saturated heterocycles. The number of carbonyl (C=O) groups is 1. The third-order valence-corrected chi connectivity index (χ3v) is 7.50. The Kier molecular flexibility index (Phi) is 9.03. The summed E-state index contributed by atoms with van der Waals surface area (Å²) in [5, 5.41) is 15.3. The molecule has 0 saturated carbocycles. The Morgan fingerprint density at radius 3 is 2.71 bits per heavy atom. The van der Waals surface area contributed by atoms with Gasteiger partial charge in [0.25, 0.3) is 0 Å². The van der Waals surface area contributed by atoms with Gasteiger partial charge >= 0.3 is 6.09 Å². The number of halogens is 1. The average molecular weight is 626 g/mol. The Morgan fingerprint density at radius 2 is 1.93 bits per heavy atom. The van der Waals surface area contributed by atoms with E-state index in [-0.39, 0.29) is 25.7 Å². The Hall–Kier alpha value is -4.12. The number of anilines is 1. The van der Waals surface area contributed by atoms with Gasteiger partial charge in [-0.25, -0.2) is 4.79 Å². The number of allylic oxidation sites excluding steroid dienone is 3. The molecule has 216 valence electrons. The highest BCUT2D eigenvalue weighted by molar-refractivity contribution is 9.10. The van der Waals surface area contributed by atoms with Gasteiger partial charge in [-0.15, -0.1) is 0 Å². The normalized spacial score (nSPS) is 18.9. The molecule has 3 N–H and O–H groups in total. The molecule has 1 aliphatic carbocycles. The van der Waals surface area contributed by atoms with Crippen LogP contribution in [-0.4, -0.2) is 50.8 Å². The topological polar surface area (TPSA) is 114 Å². The largest absolute Gasteiger partial charge is 0.493 e. The molecular weight excluding hydrogens is 592 g/mol. The predicted octanol–water partition coefficient (Wildman–Crippen LogP) is 5.81. The van der Waals surface area contributed by atoms with Crippen LogP contribution < -0.4 is 20.1 Å². The molecule has 0 radical (unpaired) electrons. The van der Waals surface area contributed by atoms with Gasteiger partial charge in [0.2, 0.25) is 6.79 Å². The van der Waals surface area contributed by atoms with Gasteiger partial charge in [0.15, 0.2) is 23.0 Å². The Morgan fingerprint density at radius 1 is 1.12 bits per heavy atom. The number of benzene rings is 2. The van der Waals surface area contributed by atoms with E-state index < -0.39 is 6.09 Å². The second-order valence-corrected chi connectivity index (χ2v) is 10.5. The maximum Gasteiger partial charge on any atom is 0.410 e. The van der Waals surface area contributed by atoms with E-state index in [0.29, 0.717) is 57.7 Å². The summed E-state index contributed by atoms with van der Waals surface area (Å²) in [5.74, 6) is 2.67. The van der Waals surface area contributed by atoms with Gasteiger partial charge in [-0.2, -0.15) is 0 Å². The van der Waals surface area contributed by atoms with Crippen molar-refractivity contribution in [3.63, 3.8) is 0 Å². The fourth-order valence-electron chi connectivity index (χ4n) is 4.78. The molecule has 41 heavy (non-hydrogen) atoms. The van der Waals surface area contributed by atoms with Crippen molar-refractivity contribution in [1.29, 1.82) is 5.41 Å². The zero-order chi connectivity index (χ0) is 28.8. The molecule has 1 amide bonds. The summed E-state index contributed by atoms with van der Waals surface area (Å²) in [4.78, 5) is 15.1. The Balaban J connectivity index is 1.53. The molecule has 0 atom stereocenters. The van der Waals surface area contributed by atoms with Crippen molar-refractivity contribution >= 4 is 33.4 Å². The monoisotopic (exact) mass is 624 g/mol. The molecule has 2 aromatic carbocycles. The summed E-state index contributed by atoms with van der Waals surface area (Å²) in [5.41, 5.74) is 3.16. The molecule has 2 bridgehead atoms. The van der Waals surface area contributed by atoms with Crippen molar-refractivity contribution < 1.29 is 28.5 Å². The van der Waals surface area contributed by atoms with Crippen molar-refractivity contribution in [2.45, 2.75) is 32.4 Å². The number of nitrogens with zero attached hydrogens (tertiary/aromatic N) is 1. The van der Waals surface area contributed by atoms with Gasteiger partial charge in [-0.3, -0.25) is 5.41 Å². The fourth-order valence-corrected chi connectivity index (χ4v) is 5.35. The zero-order valence-electron chi connectivity index (χ0n) is 23.1. The van der Waals surface area contributed by atoms with Gasteiger partial charge in [-0.1, -0.05) is 30.3 Å². The number of amides is 1. The molecule has 0 aromatic heterocycles. The van der Waals surface area contributed by atoms with Crippen molar-refractivity contribution in [2.24, 2.45) is 0 Å². The first-order valence-corrected chi connectivity index (χ1v) is 14.2. The summed E-state index contributed by atoms with van der Waals surface area (Å²) < 4.78 is 29.6. The summed E-state index contributed by atoms with van der Waals surface area (Å²) in [7, 11) is 3.33. The van der Waals surface area contributed by atoms with Gasteiger partial charge in [0.1, 0.15) is 12.4 Å². The summed E-state index contributed by atoms with van der Waals surface area (Å²) in [6.07, 6.45) is 5.42. The van der Waals surface area contributed by atoms with Crippen molar-refractivity contribution in [1.82, 2.24) is 10.2 Å². The highest BCUT2D eigenvalue weighted by Crippen LogP contribution is 2.47. The second-order valence-electron chi connectivity index (χ2n) is 9.63. The van der Waals surface area contributed by atoms with Gasteiger partial charge < -0.3 is 39.2 Å². The van der Waals surface area contributed by atoms with Crippen LogP contribution in [0.5, 0.6) is 11.5 Å². The fraction of sp³-hybridized carbons (Fsp3) is 0.333. The lowest BCUT2D eigenvalue weighted by Crippen LogP contribution is -2.32. The molecule has 2 aliphatic heterocycles. The Labute approximate surface area is 247 Å². The minimum absolute atomic E-state index is 0.0635. The minimum atomic E-state index is -0.406. The molecule has 0 spiro atoms. The highest BCUT2D eigenvalue weighted by atomic mass is 79.9. The smallest absolute Gasteiger partial charge is 0.410 e. The molecule has 2 heterocycles. The van der Waals surface area contributed by atoms with Crippen LogP contribution in [0, 0.1) is 5.41 Å². The molecule has 11 heteroatoms. The van der Waals surface area contributed by atoms with E-state index in [1.807, 2.05) is 36.4 Å². The van der Waals surface area contributed by atoms with Crippen LogP contribution in [0.25, 0.3) is 0 Å². The molecule has 5 rings (SSSR count). The lowest BCUT2D eigenvalue weighted by molar-refractivity contribution is 0.0926. The van der Waals surface area contributed by atoms with E-state index in [2.05, 4.69) is 26.6 Å². The number of hydrogen-bond donors (Lipinski definition) is 3. The predicted molar refractivity (Wildman–Crippen MR) is 158 cm³/mol. The van der Waals surface area contributed by atoms with Crippen LogP contribution in [0.1, 0.15) is 30.4 Å². The minimum Gasteiger partial charge on any atom is -0.493 e.